The predicted octanol–water partition coefficient (Wildman–Crippen LogP) is 2.68. The summed E-state index contributed by atoms with van der Waals surface area (Å²) in [5, 5.41) is 5.37. The molecule has 3 aromatic rings. The lowest BCUT2D eigenvalue weighted by atomic mass is 10.3. The zero-order valence-electron chi connectivity index (χ0n) is 9.96. The number of aromatic nitrogens is 5. The van der Waals surface area contributed by atoms with Gasteiger partial charge in [-0.05, 0) is 24.3 Å². The molecule has 3 aromatic heterocycles. The first-order valence-corrected chi connectivity index (χ1v) is 5.63. The molecule has 20 heavy (non-hydrogen) atoms. The predicted molar refractivity (Wildman–Crippen MR) is 63.9 cm³/mol. The van der Waals surface area contributed by atoms with Crippen molar-refractivity contribution in [2.24, 2.45) is 0 Å². The van der Waals surface area contributed by atoms with Crippen LogP contribution >= 0.6 is 0 Å². The van der Waals surface area contributed by atoms with Gasteiger partial charge in [0.2, 0.25) is 5.82 Å². The zero-order valence-corrected chi connectivity index (χ0v) is 9.96. The topological polar surface area (TPSA) is 59.4 Å². The summed E-state index contributed by atoms with van der Waals surface area (Å²) < 4.78 is 39.1. The summed E-state index contributed by atoms with van der Waals surface area (Å²) in [6, 6.07) is 7.02. The molecule has 0 atom stereocenters. The third-order valence-corrected chi connectivity index (χ3v) is 2.63. The van der Waals surface area contributed by atoms with Crippen molar-refractivity contribution in [3.63, 3.8) is 0 Å². The van der Waals surface area contributed by atoms with Gasteiger partial charge in [0, 0.05) is 12.4 Å². The molecular formula is C12H8F3N5. The summed E-state index contributed by atoms with van der Waals surface area (Å²) in [6.07, 6.45) is 0.672. The van der Waals surface area contributed by atoms with Crippen molar-refractivity contribution in [2.75, 3.05) is 0 Å². The van der Waals surface area contributed by atoms with Crippen molar-refractivity contribution in [1.82, 2.24) is 24.7 Å². The Bertz CT molecular complexity index is 698. The van der Waals surface area contributed by atoms with Crippen LogP contribution in [0.1, 0.15) is 5.82 Å². The number of nitrogens with zero attached hydrogens (tertiary/aromatic N) is 4. The Kier molecular flexibility index (Phi) is 2.78. The Hall–Kier alpha value is -2.64. The number of H-pyrrole nitrogens is 1. The molecule has 0 saturated heterocycles. The monoisotopic (exact) mass is 279 g/mol. The summed E-state index contributed by atoms with van der Waals surface area (Å²) in [5.41, 5.74) is 1.07. The standard InChI is InChI=1S/C12H8F3N5/c13-12(14,15)11-17-10(18-19-11)9-4-3-8(7-16-9)20-5-1-2-6-20/h1-7H,(H,17,18,19). The van der Waals surface area contributed by atoms with E-state index >= 15 is 0 Å². The fourth-order valence-corrected chi connectivity index (χ4v) is 1.68. The molecule has 8 heteroatoms. The number of hydrogen-bond acceptors (Lipinski definition) is 3. The van der Waals surface area contributed by atoms with Crippen molar-refractivity contribution < 1.29 is 13.2 Å². The number of halogens is 3. The van der Waals surface area contributed by atoms with Gasteiger partial charge in [-0.15, -0.1) is 0 Å². The maximum absolute atomic E-state index is 12.4. The highest BCUT2D eigenvalue weighted by Crippen LogP contribution is 2.27. The molecule has 0 radical (unpaired) electrons. The number of hydrogen-bond donors (Lipinski definition) is 1. The van der Waals surface area contributed by atoms with Crippen LogP contribution in [0.15, 0.2) is 42.9 Å². The number of aromatic amines is 1. The first kappa shape index (κ1) is 12.4. The normalized spacial score (nSPS) is 11.8. The van der Waals surface area contributed by atoms with Crippen molar-refractivity contribution in [3.8, 4) is 17.2 Å². The molecule has 5 nitrogen and oxygen atoms in total. The van der Waals surface area contributed by atoms with E-state index in [-0.39, 0.29) is 11.5 Å². The SMILES string of the molecule is FC(F)(F)c1nc(-c2ccc(-n3cccc3)cn2)n[nH]1. The summed E-state index contributed by atoms with van der Waals surface area (Å²) in [4.78, 5) is 7.45. The first-order chi connectivity index (χ1) is 9.54. The second-order valence-corrected chi connectivity index (χ2v) is 4.00. The van der Waals surface area contributed by atoms with Crippen LogP contribution in [0.5, 0.6) is 0 Å². The van der Waals surface area contributed by atoms with Gasteiger partial charge in [0.05, 0.1) is 11.9 Å². The number of rotatable bonds is 2. The summed E-state index contributed by atoms with van der Waals surface area (Å²) in [7, 11) is 0. The Morgan fingerprint density at radius 1 is 1.10 bits per heavy atom. The molecule has 0 bridgehead atoms. The molecule has 3 rings (SSSR count). The molecule has 1 N–H and O–H groups in total. The molecule has 3 heterocycles. The zero-order chi connectivity index (χ0) is 14.2. The second kappa shape index (κ2) is 4.48. The third kappa shape index (κ3) is 2.27. The van der Waals surface area contributed by atoms with Gasteiger partial charge in [-0.25, -0.2) is 4.98 Å². The van der Waals surface area contributed by atoms with Crippen LogP contribution < -0.4 is 0 Å². The summed E-state index contributed by atoms with van der Waals surface area (Å²) >= 11 is 0. The lowest BCUT2D eigenvalue weighted by molar-refractivity contribution is -0.144. The van der Waals surface area contributed by atoms with E-state index in [1.807, 2.05) is 34.2 Å². The molecule has 0 aliphatic rings. The van der Waals surface area contributed by atoms with E-state index in [9.17, 15) is 13.2 Å². The Morgan fingerprint density at radius 3 is 2.40 bits per heavy atom. The van der Waals surface area contributed by atoms with Crippen LogP contribution in [0.3, 0.4) is 0 Å². The molecule has 0 unspecified atom stereocenters. The highest BCUT2D eigenvalue weighted by molar-refractivity contribution is 5.50. The smallest absolute Gasteiger partial charge is 0.322 e. The van der Waals surface area contributed by atoms with Gasteiger partial charge >= 0.3 is 6.18 Å². The largest absolute Gasteiger partial charge is 0.451 e. The van der Waals surface area contributed by atoms with Crippen LogP contribution in [0.2, 0.25) is 0 Å². The number of alkyl halides is 3. The minimum atomic E-state index is -4.55. The molecule has 0 spiro atoms. The molecule has 0 amide bonds. The van der Waals surface area contributed by atoms with Gasteiger partial charge in [0.1, 0.15) is 5.69 Å². The van der Waals surface area contributed by atoms with E-state index in [1.54, 1.807) is 18.3 Å². The summed E-state index contributed by atoms with van der Waals surface area (Å²) in [5.74, 6) is -1.22. The van der Waals surface area contributed by atoms with Crippen molar-refractivity contribution in [3.05, 3.63) is 48.7 Å². The third-order valence-electron chi connectivity index (χ3n) is 2.63. The van der Waals surface area contributed by atoms with Crippen molar-refractivity contribution in [2.45, 2.75) is 6.18 Å². The van der Waals surface area contributed by atoms with E-state index < -0.39 is 12.0 Å². The Morgan fingerprint density at radius 2 is 1.85 bits per heavy atom. The van der Waals surface area contributed by atoms with Crippen LogP contribution in [-0.2, 0) is 6.18 Å². The Labute approximate surface area is 111 Å². The van der Waals surface area contributed by atoms with Gasteiger partial charge in [0.25, 0.3) is 0 Å². The molecular weight excluding hydrogens is 271 g/mol. The van der Waals surface area contributed by atoms with E-state index in [1.165, 1.54) is 0 Å². The van der Waals surface area contributed by atoms with Gasteiger partial charge in [0.15, 0.2) is 5.82 Å². The molecule has 0 aliphatic heterocycles. The quantitative estimate of drug-likeness (QED) is 0.784. The molecule has 0 aliphatic carbocycles. The van der Waals surface area contributed by atoms with Crippen molar-refractivity contribution >= 4 is 0 Å². The van der Waals surface area contributed by atoms with Crippen LogP contribution in [0.25, 0.3) is 17.2 Å². The van der Waals surface area contributed by atoms with Gasteiger partial charge in [-0.1, -0.05) is 0 Å². The van der Waals surface area contributed by atoms with Crippen molar-refractivity contribution in [1.29, 1.82) is 0 Å². The fraction of sp³-hybridized carbons (Fsp3) is 0.0833. The molecule has 102 valence electrons. The molecule has 0 saturated carbocycles. The fourth-order valence-electron chi connectivity index (χ4n) is 1.68. The lowest BCUT2D eigenvalue weighted by Crippen LogP contribution is -2.07. The minimum Gasteiger partial charge on any atom is -0.322 e. The van der Waals surface area contributed by atoms with E-state index in [0.717, 1.165) is 5.69 Å². The van der Waals surface area contributed by atoms with Crippen LogP contribution in [-0.4, -0.2) is 24.7 Å². The average molecular weight is 279 g/mol. The maximum Gasteiger partial charge on any atom is 0.451 e. The highest BCUT2D eigenvalue weighted by atomic mass is 19.4. The Balaban J connectivity index is 1.90. The molecule has 0 fully saturated rings. The second-order valence-electron chi connectivity index (χ2n) is 4.00. The minimum absolute atomic E-state index is 0.0867. The number of nitrogens with one attached hydrogen (secondary N) is 1. The van der Waals surface area contributed by atoms with Gasteiger partial charge < -0.3 is 4.57 Å². The first-order valence-electron chi connectivity index (χ1n) is 5.63. The lowest BCUT2D eigenvalue weighted by Gasteiger charge is -2.02. The van der Waals surface area contributed by atoms with Gasteiger partial charge in [-0.2, -0.15) is 18.3 Å². The van der Waals surface area contributed by atoms with E-state index in [2.05, 4.69) is 15.1 Å². The van der Waals surface area contributed by atoms with Crippen LogP contribution in [0.4, 0.5) is 13.2 Å². The van der Waals surface area contributed by atoms with Gasteiger partial charge in [-0.3, -0.25) is 10.1 Å². The number of pyridine rings is 1. The van der Waals surface area contributed by atoms with E-state index in [0.29, 0.717) is 0 Å². The summed E-state index contributed by atoms with van der Waals surface area (Å²) in [6.45, 7) is 0. The highest BCUT2D eigenvalue weighted by Gasteiger charge is 2.35. The van der Waals surface area contributed by atoms with E-state index in [4.69, 9.17) is 0 Å². The average Bonchev–Trinajstić information content (AvgIpc) is 3.10. The maximum atomic E-state index is 12.4. The molecule has 0 aromatic carbocycles. The van der Waals surface area contributed by atoms with Crippen LogP contribution in [0, 0.1) is 0 Å².